The molecule has 3 N–H and O–H groups in total. The second kappa shape index (κ2) is 6.07. The lowest BCUT2D eigenvalue weighted by Crippen LogP contribution is -2.25. The summed E-state index contributed by atoms with van der Waals surface area (Å²) in [7, 11) is 0. The number of carbonyl (C=O) groups excluding carboxylic acids is 1. The fraction of sp³-hybridized carbons (Fsp3) is 0.125. The Balaban J connectivity index is 1.64. The summed E-state index contributed by atoms with van der Waals surface area (Å²) < 4.78 is 0. The Labute approximate surface area is 131 Å². The predicted octanol–water partition coefficient (Wildman–Crippen LogP) is 2.48. The number of H-pyrrole nitrogens is 2. The molecule has 0 saturated heterocycles. The fourth-order valence-electron chi connectivity index (χ4n) is 2.29. The van der Waals surface area contributed by atoms with Crippen molar-refractivity contribution in [2.24, 2.45) is 0 Å². The summed E-state index contributed by atoms with van der Waals surface area (Å²) in [6.45, 7) is 0.515. The molecule has 2 aromatic carbocycles. The third-order valence-electron chi connectivity index (χ3n) is 3.37. The smallest absolute Gasteiger partial charge is 0.323 e. The summed E-state index contributed by atoms with van der Waals surface area (Å²) in [5.41, 5.74) is 2.59. The first-order valence-corrected chi connectivity index (χ1v) is 7.24. The summed E-state index contributed by atoms with van der Waals surface area (Å²) in [6, 6.07) is 12.6. The topological polar surface area (TPSA) is 77.8 Å². The Morgan fingerprint density at radius 1 is 1.09 bits per heavy atom. The van der Waals surface area contributed by atoms with Gasteiger partial charge in [-0.25, -0.2) is 4.79 Å². The van der Waals surface area contributed by atoms with Gasteiger partial charge in [-0.1, -0.05) is 23.7 Å². The number of aromatic nitrogens is 2. The average molecular weight is 316 g/mol. The van der Waals surface area contributed by atoms with Crippen LogP contribution in [0, 0.1) is 0 Å². The van der Waals surface area contributed by atoms with Crippen LogP contribution in [0.25, 0.3) is 11.0 Å². The Kier molecular flexibility index (Phi) is 3.98. The van der Waals surface area contributed by atoms with E-state index in [0.717, 1.165) is 5.56 Å². The summed E-state index contributed by atoms with van der Waals surface area (Å²) in [5, 5.41) is 3.54. The Hall–Kier alpha value is -2.53. The number of nitrogens with one attached hydrogen (secondary N) is 3. The molecule has 112 valence electrons. The number of aromatic amines is 2. The molecule has 1 heterocycles. The summed E-state index contributed by atoms with van der Waals surface area (Å²) in [6.07, 6.45) is 0.704. The molecular weight excluding hydrogens is 302 g/mol. The predicted molar refractivity (Wildman–Crippen MR) is 86.4 cm³/mol. The second-order valence-corrected chi connectivity index (χ2v) is 5.41. The van der Waals surface area contributed by atoms with Crippen LogP contribution in [0.5, 0.6) is 0 Å². The highest BCUT2D eigenvalue weighted by Crippen LogP contribution is 2.12. The molecule has 0 aliphatic carbocycles. The SMILES string of the molecule is O=C(NCCc1cccc(Cl)c1)c1ccc2[nH]c(=O)[nH]c2c1. The molecule has 3 rings (SSSR count). The Morgan fingerprint density at radius 2 is 1.91 bits per heavy atom. The zero-order chi connectivity index (χ0) is 15.5. The van der Waals surface area contributed by atoms with Gasteiger partial charge in [-0.2, -0.15) is 0 Å². The molecular formula is C16H14ClN3O2. The normalized spacial score (nSPS) is 10.8. The number of hydrogen-bond donors (Lipinski definition) is 3. The monoisotopic (exact) mass is 315 g/mol. The number of hydrogen-bond acceptors (Lipinski definition) is 2. The number of halogens is 1. The van der Waals surface area contributed by atoms with Crippen LogP contribution in [-0.4, -0.2) is 22.4 Å². The third kappa shape index (κ3) is 3.20. The van der Waals surface area contributed by atoms with E-state index in [1.807, 2.05) is 24.3 Å². The first-order chi connectivity index (χ1) is 10.6. The van der Waals surface area contributed by atoms with Crippen molar-refractivity contribution in [3.8, 4) is 0 Å². The van der Waals surface area contributed by atoms with Gasteiger partial charge >= 0.3 is 5.69 Å². The van der Waals surface area contributed by atoms with Crippen molar-refractivity contribution in [3.63, 3.8) is 0 Å². The van der Waals surface area contributed by atoms with Gasteiger partial charge < -0.3 is 15.3 Å². The van der Waals surface area contributed by atoms with E-state index in [1.165, 1.54) is 0 Å². The van der Waals surface area contributed by atoms with Gasteiger partial charge in [0.1, 0.15) is 0 Å². The quantitative estimate of drug-likeness (QED) is 0.691. The molecule has 1 aromatic heterocycles. The largest absolute Gasteiger partial charge is 0.352 e. The van der Waals surface area contributed by atoms with E-state index in [0.29, 0.717) is 34.6 Å². The number of imidazole rings is 1. The number of fused-ring (bicyclic) bond motifs is 1. The van der Waals surface area contributed by atoms with Crippen molar-refractivity contribution in [3.05, 3.63) is 69.1 Å². The maximum absolute atomic E-state index is 12.1. The minimum Gasteiger partial charge on any atom is -0.352 e. The van der Waals surface area contributed by atoms with Crippen LogP contribution in [0.3, 0.4) is 0 Å². The van der Waals surface area contributed by atoms with Crippen molar-refractivity contribution in [1.82, 2.24) is 15.3 Å². The number of rotatable bonds is 4. The van der Waals surface area contributed by atoms with Crippen LogP contribution in [0.2, 0.25) is 5.02 Å². The van der Waals surface area contributed by atoms with Gasteiger partial charge in [-0.15, -0.1) is 0 Å². The molecule has 0 bridgehead atoms. The first-order valence-electron chi connectivity index (χ1n) is 6.86. The first kappa shape index (κ1) is 14.4. The van der Waals surface area contributed by atoms with Gasteiger partial charge in [0.25, 0.3) is 5.91 Å². The molecule has 0 aliphatic rings. The molecule has 0 aliphatic heterocycles. The molecule has 0 saturated carbocycles. The van der Waals surface area contributed by atoms with Crippen molar-refractivity contribution >= 4 is 28.5 Å². The average Bonchev–Trinajstić information content (AvgIpc) is 2.86. The Bertz CT molecular complexity index is 882. The maximum Gasteiger partial charge on any atom is 0.323 e. The van der Waals surface area contributed by atoms with Crippen molar-refractivity contribution in [2.45, 2.75) is 6.42 Å². The zero-order valence-corrected chi connectivity index (χ0v) is 12.4. The van der Waals surface area contributed by atoms with Crippen LogP contribution in [-0.2, 0) is 6.42 Å². The van der Waals surface area contributed by atoms with Gasteiger partial charge in [0, 0.05) is 17.1 Å². The fourth-order valence-corrected chi connectivity index (χ4v) is 2.50. The van der Waals surface area contributed by atoms with E-state index in [1.54, 1.807) is 18.2 Å². The van der Waals surface area contributed by atoms with Gasteiger partial charge in [0.15, 0.2) is 0 Å². The summed E-state index contributed by atoms with van der Waals surface area (Å²) in [4.78, 5) is 28.6. The zero-order valence-electron chi connectivity index (χ0n) is 11.7. The summed E-state index contributed by atoms with van der Waals surface area (Å²) >= 11 is 5.92. The number of amides is 1. The molecule has 3 aromatic rings. The van der Waals surface area contributed by atoms with E-state index in [2.05, 4.69) is 15.3 Å². The van der Waals surface area contributed by atoms with Crippen LogP contribution < -0.4 is 11.0 Å². The summed E-state index contributed by atoms with van der Waals surface area (Å²) in [5.74, 6) is -0.175. The highest BCUT2D eigenvalue weighted by molar-refractivity contribution is 6.30. The second-order valence-electron chi connectivity index (χ2n) is 4.98. The van der Waals surface area contributed by atoms with E-state index >= 15 is 0 Å². The van der Waals surface area contributed by atoms with Crippen LogP contribution >= 0.6 is 11.6 Å². The lowest BCUT2D eigenvalue weighted by molar-refractivity contribution is 0.0954. The van der Waals surface area contributed by atoms with Gasteiger partial charge in [0.05, 0.1) is 11.0 Å². The molecule has 0 fully saturated rings. The lowest BCUT2D eigenvalue weighted by Gasteiger charge is -2.06. The number of benzene rings is 2. The van der Waals surface area contributed by atoms with Crippen molar-refractivity contribution < 1.29 is 4.79 Å². The molecule has 0 atom stereocenters. The minimum atomic E-state index is -0.284. The van der Waals surface area contributed by atoms with Crippen molar-refractivity contribution in [1.29, 1.82) is 0 Å². The van der Waals surface area contributed by atoms with E-state index in [-0.39, 0.29) is 11.6 Å². The standard InChI is InChI=1S/C16H14ClN3O2/c17-12-3-1-2-10(8-12)6-7-18-15(21)11-4-5-13-14(9-11)20-16(22)19-13/h1-5,8-9H,6-7H2,(H,18,21)(H2,19,20,22). The Morgan fingerprint density at radius 3 is 2.73 bits per heavy atom. The maximum atomic E-state index is 12.1. The molecule has 0 radical (unpaired) electrons. The third-order valence-corrected chi connectivity index (χ3v) is 3.60. The molecule has 1 amide bonds. The number of carbonyl (C=O) groups is 1. The molecule has 22 heavy (non-hydrogen) atoms. The minimum absolute atomic E-state index is 0.175. The molecule has 0 spiro atoms. The van der Waals surface area contributed by atoms with Crippen LogP contribution in [0.4, 0.5) is 0 Å². The van der Waals surface area contributed by atoms with Crippen LogP contribution in [0.1, 0.15) is 15.9 Å². The van der Waals surface area contributed by atoms with E-state index < -0.39 is 0 Å². The van der Waals surface area contributed by atoms with Crippen molar-refractivity contribution in [2.75, 3.05) is 6.54 Å². The molecule has 5 nitrogen and oxygen atoms in total. The van der Waals surface area contributed by atoms with Gasteiger partial charge in [-0.05, 0) is 42.3 Å². The molecule has 0 unspecified atom stereocenters. The van der Waals surface area contributed by atoms with Gasteiger partial charge in [0.2, 0.25) is 0 Å². The highest BCUT2D eigenvalue weighted by Gasteiger charge is 2.07. The highest BCUT2D eigenvalue weighted by atomic mass is 35.5. The van der Waals surface area contributed by atoms with Gasteiger partial charge in [-0.3, -0.25) is 4.79 Å². The van der Waals surface area contributed by atoms with E-state index in [9.17, 15) is 9.59 Å². The lowest BCUT2D eigenvalue weighted by atomic mass is 10.1. The van der Waals surface area contributed by atoms with E-state index in [4.69, 9.17) is 11.6 Å². The molecule has 6 heteroatoms. The van der Waals surface area contributed by atoms with Crippen LogP contribution in [0.15, 0.2) is 47.3 Å².